The van der Waals surface area contributed by atoms with Crippen molar-refractivity contribution in [3.05, 3.63) is 47.7 Å². The first kappa shape index (κ1) is 16.7. The maximum Gasteiger partial charge on any atom is 0.272 e. The molecule has 1 amide bonds. The summed E-state index contributed by atoms with van der Waals surface area (Å²) in [5.41, 5.74) is 3.09. The van der Waals surface area contributed by atoms with Crippen molar-refractivity contribution < 1.29 is 19.0 Å². The molecule has 0 atom stereocenters. The number of hydrogen-bond acceptors (Lipinski definition) is 4. The minimum atomic E-state index is -0.247. The normalized spacial score (nSPS) is 10.6. The lowest BCUT2D eigenvalue weighted by atomic mass is 10.2. The molecule has 0 unspecified atom stereocenters. The largest absolute Gasteiger partial charge is 0.493 e. The molecule has 0 saturated carbocycles. The zero-order valence-corrected chi connectivity index (χ0v) is 14.6. The molecule has 3 aromatic rings. The maximum atomic E-state index is 12.6. The highest BCUT2D eigenvalue weighted by Gasteiger charge is 2.16. The summed E-state index contributed by atoms with van der Waals surface area (Å²) in [5, 5.41) is 3.84. The summed E-state index contributed by atoms with van der Waals surface area (Å²) in [5.74, 6) is 1.18. The topological polar surface area (TPSA) is 72.6 Å². The summed E-state index contributed by atoms with van der Waals surface area (Å²) in [6.07, 6.45) is 0. The average molecular weight is 340 g/mol. The molecule has 2 N–H and O–H groups in total. The van der Waals surface area contributed by atoms with E-state index in [0.717, 1.165) is 16.5 Å². The van der Waals surface area contributed by atoms with Crippen molar-refractivity contribution in [1.82, 2.24) is 4.98 Å². The Bertz CT molecular complexity index is 905. The van der Waals surface area contributed by atoms with Crippen molar-refractivity contribution in [2.24, 2.45) is 0 Å². The van der Waals surface area contributed by atoms with Crippen LogP contribution < -0.4 is 19.5 Å². The van der Waals surface area contributed by atoms with Crippen LogP contribution in [0.4, 0.5) is 5.69 Å². The lowest BCUT2D eigenvalue weighted by molar-refractivity contribution is 0.102. The van der Waals surface area contributed by atoms with Gasteiger partial charge in [-0.15, -0.1) is 0 Å². The summed E-state index contributed by atoms with van der Waals surface area (Å²) < 4.78 is 15.9. The molecule has 130 valence electrons. The number of methoxy groups -OCH3 is 3. The van der Waals surface area contributed by atoms with Gasteiger partial charge in [-0.3, -0.25) is 4.79 Å². The van der Waals surface area contributed by atoms with Crippen LogP contribution in [-0.2, 0) is 0 Å². The van der Waals surface area contributed by atoms with E-state index in [1.165, 1.54) is 21.3 Å². The molecular weight excluding hydrogens is 320 g/mol. The van der Waals surface area contributed by atoms with E-state index in [1.54, 1.807) is 12.1 Å². The van der Waals surface area contributed by atoms with Gasteiger partial charge in [-0.1, -0.05) is 11.6 Å². The molecule has 0 saturated heterocycles. The third-order valence-corrected chi connectivity index (χ3v) is 3.94. The highest BCUT2D eigenvalue weighted by molar-refractivity contribution is 6.06. The van der Waals surface area contributed by atoms with Crippen LogP contribution in [0.15, 0.2) is 36.4 Å². The second kappa shape index (κ2) is 6.76. The standard InChI is InChI=1S/C19H20N2O4/c1-11-5-6-14-12(7-11)8-15(21-14)19(22)20-13-9-16(23-2)18(25-4)17(10-13)24-3/h5-10,21H,1-4H3,(H,20,22). The number of aryl methyl sites for hydroxylation is 1. The molecule has 6 heteroatoms. The predicted octanol–water partition coefficient (Wildman–Crippen LogP) is 3.75. The third-order valence-electron chi connectivity index (χ3n) is 3.94. The van der Waals surface area contributed by atoms with Crippen LogP contribution in [0.2, 0.25) is 0 Å². The van der Waals surface area contributed by atoms with Gasteiger partial charge in [0.1, 0.15) is 5.69 Å². The summed E-state index contributed by atoms with van der Waals surface area (Å²) in [6.45, 7) is 2.02. The van der Waals surface area contributed by atoms with Crippen LogP contribution >= 0.6 is 0 Å². The number of H-pyrrole nitrogens is 1. The van der Waals surface area contributed by atoms with Gasteiger partial charge in [0.25, 0.3) is 5.91 Å². The summed E-state index contributed by atoms with van der Waals surface area (Å²) in [4.78, 5) is 15.7. The van der Waals surface area contributed by atoms with Crippen molar-refractivity contribution >= 4 is 22.5 Å². The van der Waals surface area contributed by atoms with Gasteiger partial charge in [-0.05, 0) is 25.1 Å². The molecule has 0 aliphatic heterocycles. The van der Waals surface area contributed by atoms with Crippen LogP contribution in [-0.4, -0.2) is 32.2 Å². The molecule has 6 nitrogen and oxygen atoms in total. The van der Waals surface area contributed by atoms with Crippen molar-refractivity contribution in [3.63, 3.8) is 0 Å². The van der Waals surface area contributed by atoms with E-state index in [9.17, 15) is 4.79 Å². The number of nitrogens with one attached hydrogen (secondary N) is 2. The highest BCUT2D eigenvalue weighted by atomic mass is 16.5. The fourth-order valence-corrected chi connectivity index (χ4v) is 2.73. The Morgan fingerprint density at radius 1 is 0.960 bits per heavy atom. The zero-order valence-electron chi connectivity index (χ0n) is 14.6. The zero-order chi connectivity index (χ0) is 18.0. The second-order valence-corrected chi connectivity index (χ2v) is 5.64. The van der Waals surface area contributed by atoms with Gasteiger partial charge in [0.2, 0.25) is 5.75 Å². The minimum absolute atomic E-state index is 0.247. The number of benzene rings is 2. The number of hydrogen-bond donors (Lipinski definition) is 2. The highest BCUT2D eigenvalue weighted by Crippen LogP contribution is 2.40. The number of aromatic nitrogens is 1. The molecule has 1 heterocycles. The van der Waals surface area contributed by atoms with Crippen LogP contribution in [0, 0.1) is 6.92 Å². The lowest BCUT2D eigenvalue weighted by Crippen LogP contribution is -2.12. The number of anilines is 1. The second-order valence-electron chi connectivity index (χ2n) is 5.64. The minimum Gasteiger partial charge on any atom is -0.493 e. The van der Waals surface area contributed by atoms with Crippen molar-refractivity contribution in [1.29, 1.82) is 0 Å². The third kappa shape index (κ3) is 3.24. The van der Waals surface area contributed by atoms with Crippen LogP contribution in [0.25, 0.3) is 10.9 Å². The van der Waals surface area contributed by atoms with Crippen LogP contribution in [0.3, 0.4) is 0 Å². The van der Waals surface area contributed by atoms with Gasteiger partial charge in [0, 0.05) is 28.7 Å². The Labute approximate surface area is 145 Å². The Morgan fingerprint density at radius 3 is 2.24 bits per heavy atom. The van der Waals surface area contributed by atoms with E-state index >= 15 is 0 Å². The van der Waals surface area contributed by atoms with E-state index in [0.29, 0.717) is 28.6 Å². The fraction of sp³-hybridized carbons (Fsp3) is 0.211. The Balaban J connectivity index is 1.91. The first-order chi connectivity index (χ1) is 12.0. The van der Waals surface area contributed by atoms with Gasteiger partial charge in [0.05, 0.1) is 21.3 Å². The number of fused-ring (bicyclic) bond motifs is 1. The first-order valence-corrected chi connectivity index (χ1v) is 7.76. The van der Waals surface area contributed by atoms with Crippen LogP contribution in [0.5, 0.6) is 17.2 Å². The monoisotopic (exact) mass is 340 g/mol. The van der Waals surface area contributed by atoms with E-state index < -0.39 is 0 Å². The van der Waals surface area contributed by atoms with E-state index in [4.69, 9.17) is 14.2 Å². The molecule has 2 aromatic carbocycles. The summed E-state index contributed by atoms with van der Waals surface area (Å²) in [7, 11) is 4.59. The summed E-state index contributed by atoms with van der Waals surface area (Å²) >= 11 is 0. The van der Waals surface area contributed by atoms with Crippen molar-refractivity contribution in [2.75, 3.05) is 26.6 Å². The van der Waals surface area contributed by atoms with Gasteiger partial charge in [-0.2, -0.15) is 0 Å². The van der Waals surface area contributed by atoms with E-state index in [2.05, 4.69) is 10.3 Å². The molecule has 25 heavy (non-hydrogen) atoms. The molecule has 0 spiro atoms. The molecule has 0 radical (unpaired) electrons. The molecule has 0 bridgehead atoms. The number of carbonyl (C=O) groups is 1. The van der Waals surface area contributed by atoms with Gasteiger partial charge in [0.15, 0.2) is 11.5 Å². The van der Waals surface area contributed by atoms with Crippen molar-refractivity contribution in [2.45, 2.75) is 6.92 Å². The number of aromatic amines is 1. The van der Waals surface area contributed by atoms with Gasteiger partial charge >= 0.3 is 0 Å². The Morgan fingerprint density at radius 2 is 1.64 bits per heavy atom. The smallest absolute Gasteiger partial charge is 0.272 e. The number of carbonyl (C=O) groups excluding carboxylic acids is 1. The Hall–Kier alpha value is -3.15. The van der Waals surface area contributed by atoms with Crippen molar-refractivity contribution in [3.8, 4) is 17.2 Å². The molecule has 0 aliphatic rings. The number of amides is 1. The molecular formula is C19H20N2O4. The number of rotatable bonds is 5. The quantitative estimate of drug-likeness (QED) is 0.742. The van der Waals surface area contributed by atoms with E-state index in [1.807, 2.05) is 31.2 Å². The SMILES string of the molecule is COc1cc(NC(=O)c2cc3cc(C)ccc3[nH]2)cc(OC)c1OC. The van der Waals surface area contributed by atoms with E-state index in [-0.39, 0.29) is 5.91 Å². The lowest BCUT2D eigenvalue weighted by Gasteiger charge is -2.14. The molecule has 3 rings (SSSR count). The maximum absolute atomic E-state index is 12.6. The average Bonchev–Trinajstić information content (AvgIpc) is 3.04. The first-order valence-electron chi connectivity index (χ1n) is 7.76. The van der Waals surface area contributed by atoms with Gasteiger partial charge in [-0.25, -0.2) is 0 Å². The molecule has 0 fully saturated rings. The number of ether oxygens (including phenoxy) is 3. The molecule has 1 aromatic heterocycles. The predicted molar refractivity (Wildman–Crippen MR) is 97.1 cm³/mol. The fourth-order valence-electron chi connectivity index (χ4n) is 2.73. The van der Waals surface area contributed by atoms with Crippen LogP contribution in [0.1, 0.15) is 16.1 Å². The molecule has 0 aliphatic carbocycles. The van der Waals surface area contributed by atoms with Gasteiger partial charge < -0.3 is 24.5 Å². The Kier molecular flexibility index (Phi) is 4.52. The summed E-state index contributed by atoms with van der Waals surface area (Å²) in [6, 6.07) is 11.2.